The molecule has 92 valence electrons. The number of halogens is 1. The molecule has 0 saturated carbocycles. The minimum atomic E-state index is 0.454. The summed E-state index contributed by atoms with van der Waals surface area (Å²) in [4.78, 5) is 5.45. The first-order valence-electron chi connectivity index (χ1n) is 5.52. The van der Waals surface area contributed by atoms with Crippen molar-refractivity contribution in [2.24, 2.45) is 0 Å². The summed E-state index contributed by atoms with van der Waals surface area (Å²) in [7, 11) is 0. The minimum Gasteiger partial charge on any atom is -0.487 e. The van der Waals surface area contributed by atoms with Gasteiger partial charge in [-0.3, -0.25) is 4.40 Å². The zero-order valence-corrected chi connectivity index (χ0v) is 11.3. The van der Waals surface area contributed by atoms with Crippen molar-refractivity contribution < 1.29 is 4.74 Å². The number of imidazole rings is 1. The Kier molecular flexibility index (Phi) is 2.97. The van der Waals surface area contributed by atoms with E-state index in [1.165, 1.54) is 0 Å². The Bertz CT molecular complexity index is 661. The van der Waals surface area contributed by atoms with Crippen LogP contribution in [0.2, 0.25) is 5.02 Å². The molecule has 5 heteroatoms. The average molecular weight is 279 g/mol. The zero-order valence-electron chi connectivity index (χ0n) is 9.76. The molecule has 0 N–H and O–H groups in total. The molecule has 0 aliphatic heterocycles. The van der Waals surface area contributed by atoms with Gasteiger partial charge in [0.25, 0.3) is 0 Å². The van der Waals surface area contributed by atoms with Crippen molar-refractivity contribution in [3.63, 3.8) is 0 Å². The van der Waals surface area contributed by atoms with Crippen LogP contribution in [0.5, 0.6) is 5.75 Å². The fourth-order valence-corrected chi connectivity index (χ4v) is 2.61. The van der Waals surface area contributed by atoms with Crippen LogP contribution in [0.3, 0.4) is 0 Å². The Labute approximate surface area is 114 Å². The molecule has 18 heavy (non-hydrogen) atoms. The molecule has 0 radical (unpaired) electrons. The van der Waals surface area contributed by atoms with Gasteiger partial charge in [-0.1, -0.05) is 17.7 Å². The van der Waals surface area contributed by atoms with E-state index in [1.807, 2.05) is 47.3 Å². The van der Waals surface area contributed by atoms with Crippen LogP contribution >= 0.6 is 22.9 Å². The number of hydrogen-bond donors (Lipinski definition) is 0. The lowest BCUT2D eigenvalue weighted by Gasteiger charge is -2.07. The summed E-state index contributed by atoms with van der Waals surface area (Å²) < 4.78 is 7.74. The summed E-state index contributed by atoms with van der Waals surface area (Å²) in [6, 6.07) is 5.63. The number of aryl methyl sites for hydroxylation is 1. The Morgan fingerprint density at radius 2 is 2.33 bits per heavy atom. The van der Waals surface area contributed by atoms with Gasteiger partial charge in [-0.05, 0) is 24.6 Å². The van der Waals surface area contributed by atoms with Crippen LogP contribution in [0.1, 0.15) is 11.3 Å². The first-order chi connectivity index (χ1) is 8.72. The van der Waals surface area contributed by atoms with E-state index in [0.717, 1.165) is 22.0 Å². The van der Waals surface area contributed by atoms with Gasteiger partial charge in [0.2, 0.25) is 0 Å². The van der Waals surface area contributed by atoms with E-state index in [4.69, 9.17) is 16.3 Å². The fourth-order valence-electron chi connectivity index (χ4n) is 1.73. The van der Waals surface area contributed by atoms with Gasteiger partial charge in [-0.25, -0.2) is 4.98 Å². The van der Waals surface area contributed by atoms with Gasteiger partial charge >= 0.3 is 0 Å². The molecule has 3 nitrogen and oxygen atoms in total. The molecule has 0 aliphatic carbocycles. The number of nitrogens with zero attached hydrogens (tertiary/aromatic N) is 2. The normalized spacial score (nSPS) is 11.0. The largest absolute Gasteiger partial charge is 0.487 e. The SMILES string of the molecule is Cc1ccc(Cl)cc1OCc1cn2ccsc2n1. The molecule has 0 amide bonds. The topological polar surface area (TPSA) is 26.5 Å². The average Bonchev–Trinajstić information content (AvgIpc) is 2.90. The lowest BCUT2D eigenvalue weighted by Crippen LogP contribution is -1.97. The Balaban J connectivity index is 1.77. The predicted molar refractivity (Wildman–Crippen MR) is 73.6 cm³/mol. The monoisotopic (exact) mass is 278 g/mol. The first-order valence-corrected chi connectivity index (χ1v) is 6.78. The minimum absolute atomic E-state index is 0.454. The number of rotatable bonds is 3. The highest BCUT2D eigenvalue weighted by atomic mass is 35.5. The number of thiazole rings is 1. The molecule has 0 fully saturated rings. The van der Waals surface area contributed by atoms with Crippen molar-refractivity contribution in [2.75, 3.05) is 0 Å². The van der Waals surface area contributed by atoms with Crippen LogP contribution in [0, 0.1) is 6.92 Å². The number of hydrogen-bond acceptors (Lipinski definition) is 3. The van der Waals surface area contributed by atoms with E-state index < -0.39 is 0 Å². The highest BCUT2D eigenvalue weighted by Gasteiger charge is 2.05. The van der Waals surface area contributed by atoms with Gasteiger partial charge in [0.05, 0.1) is 5.69 Å². The summed E-state index contributed by atoms with van der Waals surface area (Å²) in [5.41, 5.74) is 1.99. The van der Waals surface area contributed by atoms with E-state index in [2.05, 4.69) is 4.98 Å². The van der Waals surface area contributed by atoms with Crippen molar-refractivity contribution in [2.45, 2.75) is 13.5 Å². The summed E-state index contributed by atoms with van der Waals surface area (Å²) in [6.07, 6.45) is 3.97. The van der Waals surface area contributed by atoms with Crippen LogP contribution in [0.25, 0.3) is 4.96 Å². The van der Waals surface area contributed by atoms with E-state index in [9.17, 15) is 0 Å². The number of ether oxygens (including phenoxy) is 1. The fraction of sp³-hybridized carbons (Fsp3) is 0.154. The first kappa shape index (κ1) is 11.6. The molecule has 3 rings (SSSR count). The summed E-state index contributed by atoms with van der Waals surface area (Å²) in [5, 5.41) is 2.69. The van der Waals surface area contributed by atoms with Gasteiger partial charge < -0.3 is 4.74 Å². The second-order valence-electron chi connectivity index (χ2n) is 4.02. The molecule has 0 aliphatic rings. The summed E-state index contributed by atoms with van der Waals surface area (Å²) in [6.45, 7) is 2.45. The molecule has 0 saturated heterocycles. The molecule has 3 aromatic rings. The molecule has 0 atom stereocenters. The van der Waals surface area contributed by atoms with E-state index >= 15 is 0 Å². The lowest BCUT2D eigenvalue weighted by atomic mass is 10.2. The third kappa shape index (κ3) is 2.21. The molecular weight excluding hydrogens is 268 g/mol. The second kappa shape index (κ2) is 4.63. The molecule has 0 unspecified atom stereocenters. The van der Waals surface area contributed by atoms with Crippen molar-refractivity contribution in [3.05, 3.63) is 52.3 Å². The standard InChI is InChI=1S/C13H11ClN2OS/c1-9-2-3-10(14)6-12(9)17-8-11-7-16-4-5-18-13(16)15-11/h2-7H,8H2,1H3. The van der Waals surface area contributed by atoms with Crippen molar-refractivity contribution >= 4 is 27.9 Å². The van der Waals surface area contributed by atoms with Gasteiger partial charge in [0, 0.05) is 22.8 Å². The van der Waals surface area contributed by atoms with Crippen molar-refractivity contribution in [1.29, 1.82) is 0 Å². The molecule has 2 heterocycles. The zero-order chi connectivity index (χ0) is 12.5. The van der Waals surface area contributed by atoms with Crippen LogP contribution in [-0.4, -0.2) is 9.38 Å². The number of benzene rings is 1. The third-order valence-electron chi connectivity index (χ3n) is 2.67. The number of aromatic nitrogens is 2. The molecular formula is C13H11ClN2OS. The highest BCUT2D eigenvalue weighted by Crippen LogP contribution is 2.23. The Hall–Kier alpha value is -1.52. The molecule has 2 aromatic heterocycles. The van der Waals surface area contributed by atoms with Crippen LogP contribution in [0.4, 0.5) is 0 Å². The lowest BCUT2D eigenvalue weighted by molar-refractivity contribution is 0.300. The summed E-state index contributed by atoms with van der Waals surface area (Å²) in [5.74, 6) is 0.804. The Morgan fingerprint density at radius 3 is 3.17 bits per heavy atom. The van der Waals surface area contributed by atoms with Crippen LogP contribution in [0.15, 0.2) is 36.0 Å². The summed E-state index contributed by atoms with van der Waals surface area (Å²) >= 11 is 7.56. The maximum Gasteiger partial charge on any atom is 0.193 e. The molecule has 0 bridgehead atoms. The maximum absolute atomic E-state index is 5.95. The quantitative estimate of drug-likeness (QED) is 0.725. The third-order valence-corrected chi connectivity index (χ3v) is 3.67. The van der Waals surface area contributed by atoms with Gasteiger partial charge in [0.1, 0.15) is 12.4 Å². The second-order valence-corrected chi connectivity index (χ2v) is 5.33. The molecule has 0 spiro atoms. The highest BCUT2D eigenvalue weighted by molar-refractivity contribution is 7.15. The van der Waals surface area contributed by atoms with Gasteiger partial charge in [0.15, 0.2) is 4.96 Å². The van der Waals surface area contributed by atoms with E-state index in [1.54, 1.807) is 11.3 Å². The predicted octanol–water partition coefficient (Wildman–Crippen LogP) is 3.94. The van der Waals surface area contributed by atoms with Crippen molar-refractivity contribution in [1.82, 2.24) is 9.38 Å². The van der Waals surface area contributed by atoms with Crippen LogP contribution in [-0.2, 0) is 6.61 Å². The van der Waals surface area contributed by atoms with E-state index in [-0.39, 0.29) is 0 Å². The van der Waals surface area contributed by atoms with Gasteiger partial charge in [-0.2, -0.15) is 0 Å². The van der Waals surface area contributed by atoms with E-state index in [0.29, 0.717) is 11.6 Å². The smallest absolute Gasteiger partial charge is 0.193 e. The number of fused-ring (bicyclic) bond motifs is 1. The van der Waals surface area contributed by atoms with Gasteiger partial charge in [-0.15, -0.1) is 11.3 Å². The van der Waals surface area contributed by atoms with Crippen molar-refractivity contribution in [3.8, 4) is 5.75 Å². The maximum atomic E-state index is 5.95. The molecule has 1 aromatic carbocycles. The Morgan fingerprint density at radius 1 is 1.44 bits per heavy atom. The van der Waals surface area contributed by atoms with Crippen LogP contribution < -0.4 is 4.74 Å².